The first kappa shape index (κ1) is 20.1. The minimum Gasteiger partial charge on any atom is -0.497 e. The van der Waals surface area contributed by atoms with Crippen LogP contribution in [0.15, 0.2) is 46.9 Å². The molecule has 3 rings (SSSR count). The minimum absolute atomic E-state index is 0.0397. The van der Waals surface area contributed by atoms with Gasteiger partial charge < -0.3 is 9.64 Å². The van der Waals surface area contributed by atoms with Gasteiger partial charge in [0.05, 0.1) is 18.2 Å². The summed E-state index contributed by atoms with van der Waals surface area (Å²) >= 11 is 3.32. The Bertz CT molecular complexity index is 928. The number of benzene rings is 2. The smallest absolute Gasteiger partial charge is 0.261 e. The van der Waals surface area contributed by atoms with Crippen molar-refractivity contribution < 1.29 is 19.1 Å². The zero-order valence-electron chi connectivity index (χ0n) is 15.8. The number of fused-ring (bicyclic) bond motifs is 1. The van der Waals surface area contributed by atoms with Gasteiger partial charge in [0.25, 0.3) is 11.8 Å². The highest BCUT2D eigenvalue weighted by molar-refractivity contribution is 9.10. The number of hydrogen-bond acceptors (Lipinski definition) is 4. The van der Waals surface area contributed by atoms with Gasteiger partial charge >= 0.3 is 0 Å². The Labute approximate surface area is 172 Å². The molecule has 1 aliphatic rings. The molecule has 0 unspecified atom stereocenters. The molecule has 0 atom stereocenters. The van der Waals surface area contributed by atoms with Crippen molar-refractivity contribution in [1.29, 1.82) is 0 Å². The largest absolute Gasteiger partial charge is 0.497 e. The Balaban J connectivity index is 1.52. The monoisotopic (exact) mass is 444 g/mol. The Morgan fingerprint density at radius 1 is 1.11 bits per heavy atom. The number of carbonyl (C=O) groups excluding carboxylic acids is 3. The average molecular weight is 445 g/mol. The maximum Gasteiger partial charge on any atom is 0.261 e. The summed E-state index contributed by atoms with van der Waals surface area (Å²) in [4.78, 5) is 40.1. The van der Waals surface area contributed by atoms with E-state index in [1.807, 2.05) is 24.3 Å². The maximum absolute atomic E-state index is 12.4. The van der Waals surface area contributed by atoms with Gasteiger partial charge in [-0.2, -0.15) is 0 Å². The summed E-state index contributed by atoms with van der Waals surface area (Å²) in [6.07, 6.45) is 0.686. The fourth-order valence-electron chi connectivity index (χ4n) is 3.18. The summed E-state index contributed by atoms with van der Waals surface area (Å²) in [5.74, 6) is 0.0981. The number of hydrogen-bond donors (Lipinski definition) is 0. The normalized spacial score (nSPS) is 12.9. The number of ether oxygens (including phenoxy) is 1. The Morgan fingerprint density at radius 3 is 2.61 bits per heavy atom. The Hall–Kier alpha value is -2.67. The number of carbonyl (C=O) groups is 3. The zero-order valence-corrected chi connectivity index (χ0v) is 17.4. The predicted molar refractivity (Wildman–Crippen MR) is 108 cm³/mol. The van der Waals surface area contributed by atoms with Crippen LogP contribution in [0.3, 0.4) is 0 Å². The molecule has 7 heteroatoms. The van der Waals surface area contributed by atoms with Gasteiger partial charge in [0.15, 0.2) is 0 Å². The lowest BCUT2D eigenvalue weighted by molar-refractivity contribution is -0.130. The second-order valence-electron chi connectivity index (χ2n) is 6.66. The van der Waals surface area contributed by atoms with Crippen molar-refractivity contribution >= 4 is 33.7 Å². The second kappa shape index (κ2) is 8.56. The summed E-state index contributed by atoms with van der Waals surface area (Å²) in [7, 11) is 3.34. The average Bonchev–Trinajstić information content (AvgIpc) is 2.92. The van der Waals surface area contributed by atoms with Crippen LogP contribution >= 0.6 is 15.9 Å². The molecule has 1 aliphatic heterocycles. The molecule has 0 bridgehead atoms. The van der Waals surface area contributed by atoms with E-state index >= 15 is 0 Å². The molecule has 2 aromatic carbocycles. The molecule has 0 fully saturated rings. The molecule has 1 heterocycles. The summed E-state index contributed by atoms with van der Waals surface area (Å²) in [6, 6.07) is 12.6. The van der Waals surface area contributed by atoms with Crippen molar-refractivity contribution in [3.05, 3.63) is 63.6 Å². The Morgan fingerprint density at radius 2 is 1.86 bits per heavy atom. The van der Waals surface area contributed by atoms with E-state index in [4.69, 9.17) is 4.74 Å². The van der Waals surface area contributed by atoms with Crippen LogP contribution in [-0.4, -0.2) is 48.2 Å². The van der Waals surface area contributed by atoms with E-state index in [0.29, 0.717) is 24.1 Å². The van der Waals surface area contributed by atoms with Gasteiger partial charge in [-0.25, -0.2) is 0 Å². The first-order valence-electron chi connectivity index (χ1n) is 8.93. The van der Waals surface area contributed by atoms with Crippen LogP contribution in [0.5, 0.6) is 5.75 Å². The van der Waals surface area contributed by atoms with E-state index in [0.717, 1.165) is 15.8 Å². The quantitative estimate of drug-likeness (QED) is 0.612. The lowest BCUT2D eigenvalue weighted by Crippen LogP contribution is -2.32. The predicted octanol–water partition coefficient (Wildman–Crippen LogP) is 3.49. The molecule has 146 valence electrons. The number of amides is 3. The van der Waals surface area contributed by atoms with Gasteiger partial charge in [-0.05, 0) is 42.3 Å². The van der Waals surface area contributed by atoms with Crippen molar-refractivity contribution in [1.82, 2.24) is 9.80 Å². The standard InChI is InChI=1S/C21H21BrN2O4/c1-23(13-14-5-3-6-16(11-14)28-2)19(25)7-4-10-24-20(26)17-9-8-15(22)12-18(17)21(24)27/h3,5-6,8-9,11-12H,4,7,10,13H2,1-2H3. The van der Waals surface area contributed by atoms with Gasteiger partial charge in [0.2, 0.25) is 5.91 Å². The first-order chi connectivity index (χ1) is 13.4. The van der Waals surface area contributed by atoms with Gasteiger partial charge in [0.1, 0.15) is 5.75 Å². The third-order valence-corrected chi connectivity index (χ3v) is 5.18. The van der Waals surface area contributed by atoms with Crippen molar-refractivity contribution in [2.75, 3.05) is 20.7 Å². The number of nitrogens with zero attached hydrogens (tertiary/aromatic N) is 2. The number of methoxy groups -OCH3 is 1. The summed E-state index contributed by atoms with van der Waals surface area (Å²) in [5.41, 5.74) is 1.79. The van der Waals surface area contributed by atoms with Crippen LogP contribution < -0.4 is 4.74 Å². The minimum atomic E-state index is -0.307. The van der Waals surface area contributed by atoms with Crippen molar-refractivity contribution in [2.45, 2.75) is 19.4 Å². The number of imide groups is 1. The van der Waals surface area contributed by atoms with Crippen molar-refractivity contribution in [2.24, 2.45) is 0 Å². The molecule has 28 heavy (non-hydrogen) atoms. The molecule has 2 aromatic rings. The fraction of sp³-hybridized carbons (Fsp3) is 0.286. The molecule has 0 spiro atoms. The Kier molecular flexibility index (Phi) is 6.14. The SMILES string of the molecule is COc1cccc(CN(C)C(=O)CCCN2C(=O)c3ccc(Br)cc3C2=O)c1. The molecule has 0 saturated heterocycles. The number of rotatable bonds is 7. The maximum atomic E-state index is 12.4. The molecule has 0 radical (unpaired) electrons. The van der Waals surface area contributed by atoms with Gasteiger partial charge in [0, 0.05) is 31.0 Å². The lowest BCUT2D eigenvalue weighted by atomic mass is 10.1. The highest BCUT2D eigenvalue weighted by Gasteiger charge is 2.35. The molecule has 0 N–H and O–H groups in total. The van der Waals surface area contributed by atoms with E-state index in [1.54, 1.807) is 37.3 Å². The van der Waals surface area contributed by atoms with E-state index in [9.17, 15) is 14.4 Å². The molecule has 6 nitrogen and oxygen atoms in total. The highest BCUT2D eigenvalue weighted by atomic mass is 79.9. The van der Waals surface area contributed by atoms with Crippen LogP contribution in [0.1, 0.15) is 39.1 Å². The number of halogens is 1. The first-order valence-corrected chi connectivity index (χ1v) is 9.72. The van der Waals surface area contributed by atoms with Crippen LogP contribution in [0.4, 0.5) is 0 Å². The van der Waals surface area contributed by atoms with E-state index in [2.05, 4.69) is 15.9 Å². The van der Waals surface area contributed by atoms with E-state index in [-0.39, 0.29) is 30.7 Å². The van der Waals surface area contributed by atoms with Crippen LogP contribution in [0.2, 0.25) is 0 Å². The summed E-state index contributed by atoms with van der Waals surface area (Å²) in [6.45, 7) is 0.694. The zero-order chi connectivity index (χ0) is 20.3. The summed E-state index contributed by atoms with van der Waals surface area (Å²) in [5, 5.41) is 0. The van der Waals surface area contributed by atoms with Gasteiger partial charge in [-0.1, -0.05) is 28.1 Å². The fourth-order valence-corrected chi connectivity index (χ4v) is 3.54. The van der Waals surface area contributed by atoms with Gasteiger partial charge in [-0.3, -0.25) is 19.3 Å². The van der Waals surface area contributed by atoms with Gasteiger partial charge in [-0.15, -0.1) is 0 Å². The molecular formula is C21H21BrN2O4. The molecule has 0 aliphatic carbocycles. The van der Waals surface area contributed by atoms with Crippen LogP contribution in [0, 0.1) is 0 Å². The van der Waals surface area contributed by atoms with Crippen LogP contribution in [0.25, 0.3) is 0 Å². The molecule has 0 aromatic heterocycles. The topological polar surface area (TPSA) is 66.9 Å². The second-order valence-corrected chi connectivity index (χ2v) is 7.57. The lowest BCUT2D eigenvalue weighted by Gasteiger charge is -2.19. The van der Waals surface area contributed by atoms with Crippen molar-refractivity contribution in [3.63, 3.8) is 0 Å². The van der Waals surface area contributed by atoms with Crippen molar-refractivity contribution in [3.8, 4) is 5.75 Å². The van der Waals surface area contributed by atoms with E-state index in [1.165, 1.54) is 4.90 Å². The summed E-state index contributed by atoms with van der Waals surface area (Å²) < 4.78 is 5.95. The van der Waals surface area contributed by atoms with E-state index < -0.39 is 0 Å². The van der Waals surface area contributed by atoms with Crippen LogP contribution in [-0.2, 0) is 11.3 Å². The molecular weight excluding hydrogens is 424 g/mol. The third kappa shape index (κ3) is 4.25. The molecule has 3 amide bonds. The third-order valence-electron chi connectivity index (χ3n) is 4.68. The highest BCUT2D eigenvalue weighted by Crippen LogP contribution is 2.26. The molecule has 0 saturated carbocycles.